The molecule has 0 atom stereocenters. The van der Waals surface area contributed by atoms with Gasteiger partial charge in [-0.05, 0) is 62.0 Å². The summed E-state index contributed by atoms with van der Waals surface area (Å²) in [5.41, 5.74) is 2.94. The first-order valence-corrected chi connectivity index (χ1v) is 9.52. The first kappa shape index (κ1) is 20.4. The average molecular weight is 360 g/mol. The number of nitrogens with one attached hydrogen (secondary N) is 1. The maximum absolute atomic E-state index is 12.7. The van der Waals surface area contributed by atoms with Gasteiger partial charge in [0.05, 0.1) is 0 Å². The fourth-order valence-corrected chi connectivity index (χ4v) is 3.15. The highest BCUT2D eigenvalue weighted by Gasteiger charge is 2.18. The lowest BCUT2D eigenvalue weighted by atomic mass is 9.90. The topological polar surface area (TPSA) is 52.7 Å². The minimum absolute atomic E-state index is 0.0350. The molecule has 1 heterocycles. The van der Waals surface area contributed by atoms with Crippen LogP contribution >= 0.6 is 0 Å². The Labute approximate surface area is 157 Å². The summed E-state index contributed by atoms with van der Waals surface area (Å²) in [6, 6.07) is 5.56. The Morgan fingerprint density at radius 1 is 1.12 bits per heavy atom. The monoisotopic (exact) mass is 359 g/mol. The molecule has 1 aromatic carbocycles. The van der Waals surface area contributed by atoms with Crippen LogP contribution in [0.15, 0.2) is 18.2 Å². The van der Waals surface area contributed by atoms with Crippen molar-refractivity contribution in [2.75, 3.05) is 39.0 Å². The molecule has 0 fully saturated rings. The summed E-state index contributed by atoms with van der Waals surface area (Å²) in [6.07, 6.45) is 3.56. The molecule has 0 saturated carbocycles. The Morgan fingerprint density at radius 3 is 2.54 bits per heavy atom. The number of nitrogens with zero attached hydrogens (tertiary/aromatic N) is 2. The van der Waals surface area contributed by atoms with Gasteiger partial charge in [-0.2, -0.15) is 0 Å². The molecule has 1 aromatic rings. The Balaban J connectivity index is 1.83. The van der Waals surface area contributed by atoms with Gasteiger partial charge in [0.15, 0.2) is 0 Å². The molecule has 1 N–H and O–H groups in total. The van der Waals surface area contributed by atoms with Gasteiger partial charge in [-0.15, -0.1) is 0 Å². The van der Waals surface area contributed by atoms with E-state index in [0.717, 1.165) is 24.3 Å². The molecule has 1 aliphatic rings. The van der Waals surface area contributed by atoms with Crippen LogP contribution in [0.5, 0.6) is 0 Å². The SMILES string of the molecule is CN(CCCC(C)(C)C)CCN(C)C(=O)c1ccc2c(c1)CCC(=O)N2. The van der Waals surface area contributed by atoms with Crippen LogP contribution in [-0.4, -0.2) is 55.3 Å². The van der Waals surface area contributed by atoms with Gasteiger partial charge in [-0.3, -0.25) is 9.59 Å². The summed E-state index contributed by atoms with van der Waals surface area (Å²) in [7, 11) is 3.97. The van der Waals surface area contributed by atoms with Crippen LogP contribution in [0, 0.1) is 5.41 Å². The van der Waals surface area contributed by atoms with Gasteiger partial charge in [0.25, 0.3) is 5.91 Å². The average Bonchev–Trinajstić information content (AvgIpc) is 2.57. The third-order valence-corrected chi connectivity index (χ3v) is 4.88. The Bertz CT molecular complexity index is 649. The van der Waals surface area contributed by atoms with Crippen LogP contribution < -0.4 is 5.32 Å². The highest BCUT2D eigenvalue weighted by Crippen LogP contribution is 2.24. The highest BCUT2D eigenvalue weighted by atomic mass is 16.2. The van der Waals surface area contributed by atoms with Crippen molar-refractivity contribution in [3.05, 3.63) is 29.3 Å². The van der Waals surface area contributed by atoms with Crippen molar-refractivity contribution in [1.29, 1.82) is 0 Å². The summed E-state index contributed by atoms with van der Waals surface area (Å²) in [5, 5.41) is 2.85. The third kappa shape index (κ3) is 6.13. The van der Waals surface area contributed by atoms with E-state index < -0.39 is 0 Å². The Kier molecular flexibility index (Phi) is 6.81. The number of rotatable bonds is 7. The lowest BCUT2D eigenvalue weighted by molar-refractivity contribution is -0.116. The normalized spacial score (nSPS) is 14.2. The Hall–Kier alpha value is -1.88. The summed E-state index contributed by atoms with van der Waals surface area (Å²) < 4.78 is 0. The first-order valence-electron chi connectivity index (χ1n) is 9.52. The highest BCUT2D eigenvalue weighted by molar-refractivity contribution is 5.97. The summed E-state index contributed by atoms with van der Waals surface area (Å²) in [4.78, 5) is 28.2. The molecule has 0 saturated heterocycles. The van der Waals surface area contributed by atoms with Crippen molar-refractivity contribution < 1.29 is 9.59 Å². The standard InChI is InChI=1S/C21H33N3O2/c1-21(2,3)11-6-12-23(4)13-14-24(5)20(26)17-7-9-18-16(15-17)8-10-19(25)22-18/h7,9,15H,6,8,10-14H2,1-5H3,(H,22,25). The number of likely N-dealkylation sites (N-methyl/N-ethyl adjacent to an activating group) is 2. The third-order valence-electron chi connectivity index (χ3n) is 4.88. The molecule has 0 aromatic heterocycles. The van der Waals surface area contributed by atoms with Gasteiger partial charge in [-0.1, -0.05) is 20.8 Å². The van der Waals surface area contributed by atoms with E-state index in [1.807, 2.05) is 19.2 Å². The van der Waals surface area contributed by atoms with Crippen molar-refractivity contribution in [2.45, 2.75) is 46.5 Å². The number of fused-ring (bicyclic) bond motifs is 1. The zero-order valence-corrected chi connectivity index (χ0v) is 16.9. The molecule has 144 valence electrons. The van der Waals surface area contributed by atoms with Crippen molar-refractivity contribution in [3.63, 3.8) is 0 Å². The summed E-state index contributed by atoms with van der Waals surface area (Å²) in [5.74, 6) is 0.0796. The smallest absolute Gasteiger partial charge is 0.253 e. The number of hydrogen-bond acceptors (Lipinski definition) is 3. The maximum atomic E-state index is 12.7. The molecular weight excluding hydrogens is 326 g/mol. The van der Waals surface area contributed by atoms with Gasteiger partial charge >= 0.3 is 0 Å². The fraction of sp³-hybridized carbons (Fsp3) is 0.619. The molecule has 2 amide bonds. The first-order chi connectivity index (χ1) is 12.2. The van der Waals surface area contributed by atoms with Gasteiger partial charge in [0.1, 0.15) is 0 Å². The molecule has 26 heavy (non-hydrogen) atoms. The quantitative estimate of drug-likeness (QED) is 0.812. The van der Waals surface area contributed by atoms with Gasteiger partial charge in [-0.25, -0.2) is 0 Å². The predicted molar refractivity (Wildman–Crippen MR) is 107 cm³/mol. The van der Waals surface area contributed by atoms with Gasteiger partial charge in [0.2, 0.25) is 5.91 Å². The lowest BCUT2D eigenvalue weighted by Gasteiger charge is -2.24. The van der Waals surface area contributed by atoms with E-state index in [1.165, 1.54) is 12.8 Å². The number of carbonyl (C=O) groups is 2. The molecule has 5 nitrogen and oxygen atoms in total. The zero-order chi connectivity index (χ0) is 19.3. The number of anilines is 1. The van der Waals surface area contributed by atoms with E-state index in [1.54, 1.807) is 11.0 Å². The van der Waals surface area contributed by atoms with Gasteiger partial charge < -0.3 is 15.1 Å². The van der Waals surface area contributed by atoms with Crippen molar-refractivity contribution >= 4 is 17.5 Å². The number of carbonyl (C=O) groups excluding carboxylic acids is 2. The molecule has 0 radical (unpaired) electrons. The number of aryl methyl sites for hydroxylation is 1. The lowest BCUT2D eigenvalue weighted by Crippen LogP contribution is -2.35. The molecule has 0 aliphatic carbocycles. The van der Waals surface area contributed by atoms with E-state index in [9.17, 15) is 9.59 Å². The number of benzene rings is 1. The van der Waals surface area contributed by atoms with E-state index in [2.05, 4.69) is 38.0 Å². The molecule has 1 aliphatic heterocycles. The molecule has 2 rings (SSSR count). The van der Waals surface area contributed by atoms with Crippen molar-refractivity contribution in [3.8, 4) is 0 Å². The number of hydrogen-bond donors (Lipinski definition) is 1. The van der Waals surface area contributed by atoms with Crippen molar-refractivity contribution in [2.24, 2.45) is 5.41 Å². The number of amides is 2. The second-order valence-electron chi connectivity index (χ2n) is 8.61. The molecule has 0 unspecified atom stereocenters. The van der Waals surface area contributed by atoms with E-state index in [-0.39, 0.29) is 11.8 Å². The molecule has 0 spiro atoms. The van der Waals surface area contributed by atoms with Crippen LogP contribution in [-0.2, 0) is 11.2 Å². The van der Waals surface area contributed by atoms with Crippen LogP contribution in [0.25, 0.3) is 0 Å². The molecular formula is C21H33N3O2. The molecule has 0 bridgehead atoms. The largest absolute Gasteiger partial charge is 0.340 e. The minimum atomic E-state index is 0.0350. The van der Waals surface area contributed by atoms with Crippen molar-refractivity contribution in [1.82, 2.24) is 9.80 Å². The summed E-state index contributed by atoms with van der Waals surface area (Å²) >= 11 is 0. The fourth-order valence-electron chi connectivity index (χ4n) is 3.15. The predicted octanol–water partition coefficient (Wildman–Crippen LogP) is 3.40. The van der Waals surface area contributed by atoms with Crippen LogP contribution in [0.4, 0.5) is 5.69 Å². The molecule has 5 heteroatoms. The summed E-state index contributed by atoms with van der Waals surface area (Å²) in [6.45, 7) is 9.43. The van der Waals surface area contributed by atoms with Gasteiger partial charge in [0, 0.05) is 37.8 Å². The van der Waals surface area contributed by atoms with Crippen LogP contribution in [0.1, 0.15) is 56.0 Å². The van der Waals surface area contributed by atoms with Crippen LogP contribution in [0.3, 0.4) is 0 Å². The maximum Gasteiger partial charge on any atom is 0.253 e. The Morgan fingerprint density at radius 2 is 1.85 bits per heavy atom. The van der Waals surface area contributed by atoms with E-state index in [4.69, 9.17) is 0 Å². The van der Waals surface area contributed by atoms with E-state index in [0.29, 0.717) is 30.4 Å². The minimum Gasteiger partial charge on any atom is -0.340 e. The second-order valence-corrected chi connectivity index (χ2v) is 8.61. The second kappa shape index (κ2) is 8.67. The zero-order valence-electron chi connectivity index (χ0n) is 16.9. The van der Waals surface area contributed by atoms with Crippen LogP contribution in [0.2, 0.25) is 0 Å². The van der Waals surface area contributed by atoms with E-state index >= 15 is 0 Å².